The van der Waals surface area contributed by atoms with Crippen LogP contribution in [0.5, 0.6) is 5.19 Å². The molecule has 0 aliphatic carbocycles. The minimum atomic E-state index is -1.00. The van der Waals surface area contributed by atoms with Crippen LogP contribution in [0.3, 0.4) is 0 Å². The van der Waals surface area contributed by atoms with Gasteiger partial charge in [-0.25, -0.2) is 4.99 Å². The van der Waals surface area contributed by atoms with E-state index in [1.165, 1.54) is 11.3 Å². The number of anilines is 3. The molecule has 0 radical (unpaired) electrons. The highest BCUT2D eigenvalue weighted by Gasteiger charge is 2.29. The Morgan fingerprint density at radius 1 is 1.08 bits per heavy atom. The van der Waals surface area contributed by atoms with Gasteiger partial charge in [0, 0.05) is 24.2 Å². The van der Waals surface area contributed by atoms with E-state index in [1.54, 1.807) is 7.11 Å². The minimum Gasteiger partial charge on any atom is -0.473 e. The first-order valence-corrected chi connectivity index (χ1v) is 12.5. The number of thiazole rings is 1. The lowest BCUT2D eigenvalue weighted by molar-refractivity contribution is -0.116. The van der Waals surface area contributed by atoms with Crippen LogP contribution >= 0.6 is 11.3 Å². The molecule has 1 amide bonds. The van der Waals surface area contributed by atoms with Gasteiger partial charge in [0.1, 0.15) is 5.00 Å². The molecule has 12 heteroatoms. The van der Waals surface area contributed by atoms with Crippen molar-refractivity contribution in [2.45, 2.75) is 6.17 Å². The molecule has 4 heterocycles. The summed E-state index contributed by atoms with van der Waals surface area (Å²) in [7, 11) is 1.57. The Balaban J connectivity index is 1.32. The summed E-state index contributed by atoms with van der Waals surface area (Å²) < 4.78 is 16.8. The van der Waals surface area contributed by atoms with Gasteiger partial charge in [0.25, 0.3) is 17.0 Å². The highest BCUT2D eigenvalue weighted by Crippen LogP contribution is 2.39. The molecule has 188 valence electrons. The van der Waals surface area contributed by atoms with Gasteiger partial charge in [-0.15, -0.1) is 5.10 Å². The van der Waals surface area contributed by atoms with Crippen molar-refractivity contribution in [2.75, 3.05) is 48.9 Å². The average Bonchev–Trinajstić information content (AvgIpc) is 3.56. The number of amides is 1. The number of aliphatic imine (C=N–C) groups is 1. The van der Waals surface area contributed by atoms with Crippen LogP contribution < -0.4 is 20.3 Å². The van der Waals surface area contributed by atoms with E-state index in [1.807, 2.05) is 54.6 Å². The highest BCUT2D eigenvalue weighted by molar-refractivity contribution is 7.18. The zero-order chi connectivity index (χ0) is 25.2. The van der Waals surface area contributed by atoms with Crippen LogP contribution in [0.25, 0.3) is 11.6 Å². The van der Waals surface area contributed by atoms with E-state index in [0.29, 0.717) is 35.5 Å². The number of hydrogen-bond donors (Lipinski definition) is 2. The zero-order valence-electron chi connectivity index (χ0n) is 19.9. The molecular formula is C25H23N7O4S. The topological polar surface area (TPSA) is 127 Å². The largest absolute Gasteiger partial charge is 0.473 e. The van der Waals surface area contributed by atoms with E-state index in [9.17, 15) is 4.79 Å². The monoisotopic (exact) mass is 517 g/mol. The lowest BCUT2D eigenvalue weighted by atomic mass is 10.0. The number of carbonyl (C=O) groups is 1. The summed E-state index contributed by atoms with van der Waals surface area (Å²) in [6.45, 7) is 2.68. The molecule has 2 aliphatic rings. The molecule has 6 rings (SSSR count). The summed E-state index contributed by atoms with van der Waals surface area (Å²) in [5.74, 6) is -0.129. The number of nitrogens with one attached hydrogen (secondary N) is 2. The first kappa shape index (κ1) is 23.1. The smallest absolute Gasteiger partial charge is 0.317 e. The van der Waals surface area contributed by atoms with Crippen molar-refractivity contribution in [1.82, 2.24) is 15.2 Å². The molecule has 2 aromatic carbocycles. The van der Waals surface area contributed by atoms with Gasteiger partial charge in [-0.05, 0) is 6.07 Å². The van der Waals surface area contributed by atoms with E-state index in [-0.39, 0.29) is 17.8 Å². The van der Waals surface area contributed by atoms with Crippen molar-refractivity contribution < 1.29 is 18.7 Å². The summed E-state index contributed by atoms with van der Waals surface area (Å²) >= 11 is 1.40. The average molecular weight is 518 g/mol. The van der Waals surface area contributed by atoms with Crippen molar-refractivity contribution in [3.63, 3.8) is 0 Å². The number of benzene rings is 2. The summed E-state index contributed by atoms with van der Waals surface area (Å²) in [5, 5.41) is 15.6. The number of carbonyl (C=O) groups excluding carboxylic acids is 1. The molecule has 0 bridgehead atoms. The second-order valence-corrected chi connectivity index (χ2v) is 9.21. The predicted molar refractivity (Wildman–Crippen MR) is 140 cm³/mol. The van der Waals surface area contributed by atoms with Crippen LogP contribution in [0, 0.1) is 0 Å². The minimum absolute atomic E-state index is 0.0529. The van der Waals surface area contributed by atoms with Gasteiger partial charge in [0.2, 0.25) is 6.17 Å². The summed E-state index contributed by atoms with van der Waals surface area (Å²) in [5.41, 5.74) is 3.58. The molecule has 1 fully saturated rings. The fourth-order valence-electron chi connectivity index (χ4n) is 4.18. The van der Waals surface area contributed by atoms with Crippen molar-refractivity contribution in [3.05, 3.63) is 65.7 Å². The van der Waals surface area contributed by atoms with Gasteiger partial charge in [-0.2, -0.15) is 4.98 Å². The standard InChI is InChI=1S/C25H23N7O4S/c1-34-25-28-19(23(37-25)32-11-13-35-14-12-32)22-30-31-24(36-22)29-20-21(33)26-17-10-6-5-9-16(17)18(27-20)15-7-3-2-4-8-15/h2-10,20H,11-14H2,1H3,(H,26,33)(H,29,31)/t20-/m1/s1. The first-order chi connectivity index (χ1) is 18.2. The van der Waals surface area contributed by atoms with Crippen LogP contribution in [-0.2, 0) is 9.53 Å². The highest BCUT2D eigenvalue weighted by atomic mass is 32.1. The third-order valence-electron chi connectivity index (χ3n) is 5.94. The number of hydrogen-bond acceptors (Lipinski definition) is 11. The second kappa shape index (κ2) is 9.99. The molecule has 0 saturated carbocycles. The van der Waals surface area contributed by atoms with Crippen LogP contribution in [-0.4, -0.2) is 66.4 Å². The lowest BCUT2D eigenvalue weighted by Gasteiger charge is -2.27. The van der Waals surface area contributed by atoms with Crippen molar-refractivity contribution >= 4 is 39.7 Å². The third-order valence-corrected chi connectivity index (χ3v) is 7.02. The fraction of sp³-hybridized carbons (Fsp3) is 0.240. The molecule has 2 N–H and O–H groups in total. The molecule has 4 aromatic rings. The second-order valence-electron chi connectivity index (χ2n) is 8.27. The Morgan fingerprint density at radius 2 is 1.86 bits per heavy atom. The molecular weight excluding hydrogens is 494 g/mol. The Hall–Kier alpha value is -4.29. The Kier molecular flexibility index (Phi) is 6.25. The van der Waals surface area contributed by atoms with Gasteiger partial charge < -0.3 is 29.4 Å². The van der Waals surface area contributed by atoms with Gasteiger partial charge in [0.05, 0.1) is 31.7 Å². The Bertz CT molecular complexity index is 1450. The molecule has 0 spiro atoms. The number of aromatic nitrogens is 3. The SMILES string of the molecule is COc1nc(-c2nnc(N[C@H]3N=C(c4ccccc4)c4ccccc4NC3=O)o2)c(N2CCOCC2)s1. The Labute approximate surface area is 216 Å². The number of morpholine rings is 1. The number of ether oxygens (including phenoxy) is 2. The lowest BCUT2D eigenvalue weighted by Crippen LogP contribution is -2.35. The number of methoxy groups -OCH3 is 1. The van der Waals surface area contributed by atoms with E-state index >= 15 is 0 Å². The van der Waals surface area contributed by atoms with Crippen LogP contribution in [0.4, 0.5) is 16.7 Å². The summed E-state index contributed by atoms with van der Waals surface area (Å²) in [4.78, 5) is 24.6. The zero-order valence-corrected chi connectivity index (χ0v) is 20.7. The maximum absolute atomic E-state index is 13.1. The Morgan fingerprint density at radius 3 is 2.68 bits per heavy atom. The molecule has 2 aliphatic heterocycles. The van der Waals surface area contributed by atoms with Crippen LogP contribution in [0.2, 0.25) is 0 Å². The van der Waals surface area contributed by atoms with E-state index in [0.717, 1.165) is 29.2 Å². The van der Waals surface area contributed by atoms with E-state index in [4.69, 9.17) is 18.9 Å². The van der Waals surface area contributed by atoms with Gasteiger partial charge in [0.15, 0.2) is 5.69 Å². The van der Waals surface area contributed by atoms with Crippen molar-refractivity contribution in [2.24, 2.45) is 4.99 Å². The van der Waals surface area contributed by atoms with Gasteiger partial charge >= 0.3 is 6.01 Å². The maximum Gasteiger partial charge on any atom is 0.317 e. The van der Waals surface area contributed by atoms with E-state index in [2.05, 4.69) is 30.7 Å². The fourth-order valence-corrected chi connectivity index (χ4v) is 5.10. The quantitative estimate of drug-likeness (QED) is 0.396. The van der Waals surface area contributed by atoms with Crippen LogP contribution in [0.15, 0.2) is 64.0 Å². The first-order valence-electron chi connectivity index (χ1n) is 11.7. The molecule has 11 nitrogen and oxygen atoms in total. The summed E-state index contributed by atoms with van der Waals surface area (Å²) in [6.07, 6.45) is -1.00. The molecule has 2 aromatic heterocycles. The van der Waals surface area contributed by atoms with Crippen molar-refractivity contribution in [1.29, 1.82) is 0 Å². The van der Waals surface area contributed by atoms with Gasteiger partial charge in [-0.3, -0.25) is 4.79 Å². The molecule has 37 heavy (non-hydrogen) atoms. The summed E-state index contributed by atoms with van der Waals surface area (Å²) in [6, 6.07) is 17.3. The number of nitrogens with zero attached hydrogens (tertiary/aromatic N) is 5. The maximum atomic E-state index is 13.1. The van der Waals surface area contributed by atoms with Gasteiger partial charge in [-0.1, -0.05) is 65.0 Å². The van der Waals surface area contributed by atoms with Crippen LogP contribution in [0.1, 0.15) is 11.1 Å². The predicted octanol–water partition coefficient (Wildman–Crippen LogP) is 3.27. The number of fused-ring (bicyclic) bond motifs is 1. The van der Waals surface area contributed by atoms with E-state index < -0.39 is 6.17 Å². The number of benzodiazepines with no additional fused rings is 1. The van der Waals surface area contributed by atoms with Crippen molar-refractivity contribution in [3.8, 4) is 16.8 Å². The molecule has 0 unspecified atom stereocenters. The number of para-hydroxylation sites is 1. The molecule has 1 atom stereocenters. The normalized spacial score (nSPS) is 17.4. The molecule has 1 saturated heterocycles. The number of rotatable bonds is 6. The third kappa shape index (κ3) is 4.63.